The topological polar surface area (TPSA) is 75.6 Å². The van der Waals surface area contributed by atoms with Crippen LogP contribution in [0.25, 0.3) is 0 Å². The second-order valence-electron chi connectivity index (χ2n) is 6.10. The van der Waals surface area contributed by atoms with Crippen molar-refractivity contribution in [3.63, 3.8) is 0 Å². The van der Waals surface area contributed by atoms with Crippen LogP contribution in [0.2, 0.25) is 0 Å². The highest BCUT2D eigenvalue weighted by molar-refractivity contribution is 5.86. The molecule has 1 amide bonds. The monoisotopic (exact) mass is 267 g/mol. The van der Waals surface area contributed by atoms with Crippen LogP contribution in [0, 0.1) is 23.7 Å². The number of carbonyl (C=O) groups is 2. The Balaban J connectivity index is 1.60. The predicted molar refractivity (Wildman–Crippen MR) is 67.4 cm³/mol. The van der Waals surface area contributed by atoms with Gasteiger partial charge in [-0.05, 0) is 43.9 Å². The first-order valence-electron chi connectivity index (χ1n) is 7.29. The van der Waals surface area contributed by atoms with Gasteiger partial charge in [-0.2, -0.15) is 0 Å². The molecule has 3 aliphatic rings. The minimum Gasteiger partial charge on any atom is -0.481 e. The van der Waals surface area contributed by atoms with Gasteiger partial charge < -0.3 is 15.2 Å². The fourth-order valence-electron chi connectivity index (χ4n) is 4.16. The maximum atomic E-state index is 12.3. The quantitative estimate of drug-likeness (QED) is 0.797. The lowest BCUT2D eigenvalue weighted by atomic mass is 9.78. The number of ether oxygens (including phenoxy) is 1. The van der Waals surface area contributed by atoms with Crippen molar-refractivity contribution in [2.24, 2.45) is 23.7 Å². The third-order valence-corrected chi connectivity index (χ3v) is 5.03. The molecule has 1 heterocycles. The smallest absolute Gasteiger partial charge is 0.307 e. The van der Waals surface area contributed by atoms with Gasteiger partial charge in [0.25, 0.3) is 0 Å². The lowest BCUT2D eigenvalue weighted by molar-refractivity contribution is -0.149. The molecule has 2 bridgehead atoms. The number of aliphatic carboxylic acids is 1. The van der Waals surface area contributed by atoms with Gasteiger partial charge in [0.15, 0.2) is 0 Å². The van der Waals surface area contributed by atoms with Crippen molar-refractivity contribution < 1.29 is 19.4 Å². The average molecular weight is 267 g/mol. The van der Waals surface area contributed by atoms with Gasteiger partial charge in [0.05, 0.1) is 17.9 Å². The number of amides is 1. The number of carboxylic acid groups (broad SMARTS) is 1. The molecule has 5 atom stereocenters. The SMILES string of the molecule is O=C(O)[C@@H]1[C@H]2CC[C@@H](C2)[C@@H]1C(=O)NC[C@@H]1CCCO1. The largest absolute Gasteiger partial charge is 0.481 e. The summed E-state index contributed by atoms with van der Waals surface area (Å²) in [5.41, 5.74) is 0. The van der Waals surface area contributed by atoms with Crippen LogP contribution in [0.1, 0.15) is 32.1 Å². The van der Waals surface area contributed by atoms with Crippen molar-refractivity contribution in [3.8, 4) is 0 Å². The van der Waals surface area contributed by atoms with E-state index in [1.165, 1.54) is 0 Å². The summed E-state index contributed by atoms with van der Waals surface area (Å²) < 4.78 is 5.47. The molecule has 2 N–H and O–H groups in total. The lowest BCUT2D eigenvalue weighted by Crippen LogP contribution is -2.43. The molecule has 0 radical (unpaired) electrons. The molecule has 0 spiro atoms. The third kappa shape index (κ3) is 2.36. The molecule has 5 heteroatoms. The van der Waals surface area contributed by atoms with Crippen LogP contribution in [0.15, 0.2) is 0 Å². The van der Waals surface area contributed by atoms with E-state index in [2.05, 4.69) is 5.32 Å². The molecule has 2 aliphatic carbocycles. The van der Waals surface area contributed by atoms with Gasteiger partial charge in [-0.3, -0.25) is 9.59 Å². The van der Waals surface area contributed by atoms with Gasteiger partial charge in [-0.15, -0.1) is 0 Å². The molecular weight excluding hydrogens is 246 g/mol. The standard InChI is InChI=1S/C14H21NO4/c16-13(15-7-10-2-1-5-19-10)11-8-3-4-9(6-8)12(11)14(17)18/h8-12H,1-7H2,(H,15,16)(H,17,18)/t8-,9-,10-,11-,12+/m0/s1. The highest BCUT2D eigenvalue weighted by Crippen LogP contribution is 2.52. The Morgan fingerprint density at radius 1 is 1.16 bits per heavy atom. The van der Waals surface area contributed by atoms with Gasteiger partial charge in [-0.1, -0.05) is 0 Å². The Bertz CT molecular complexity index is 378. The summed E-state index contributed by atoms with van der Waals surface area (Å²) in [5.74, 6) is -1.18. The Morgan fingerprint density at radius 2 is 1.89 bits per heavy atom. The van der Waals surface area contributed by atoms with E-state index in [0.717, 1.165) is 38.7 Å². The van der Waals surface area contributed by atoms with Crippen LogP contribution in [-0.4, -0.2) is 36.2 Å². The van der Waals surface area contributed by atoms with Gasteiger partial charge in [-0.25, -0.2) is 0 Å². The van der Waals surface area contributed by atoms with Gasteiger partial charge in [0, 0.05) is 13.2 Å². The van der Waals surface area contributed by atoms with Crippen LogP contribution in [0.5, 0.6) is 0 Å². The summed E-state index contributed by atoms with van der Waals surface area (Å²) in [6.07, 6.45) is 5.04. The van der Waals surface area contributed by atoms with Crippen molar-refractivity contribution in [2.75, 3.05) is 13.2 Å². The van der Waals surface area contributed by atoms with E-state index in [1.54, 1.807) is 0 Å². The number of carboxylic acids is 1. The van der Waals surface area contributed by atoms with Crippen LogP contribution < -0.4 is 5.32 Å². The summed E-state index contributed by atoms with van der Waals surface area (Å²) in [4.78, 5) is 23.6. The molecule has 0 aromatic heterocycles. The number of nitrogens with one attached hydrogen (secondary N) is 1. The van der Waals surface area contributed by atoms with Crippen molar-refractivity contribution in [3.05, 3.63) is 0 Å². The summed E-state index contributed by atoms with van der Waals surface area (Å²) in [6.45, 7) is 1.30. The number of carbonyl (C=O) groups excluding carboxylic acids is 1. The number of rotatable bonds is 4. The van der Waals surface area contributed by atoms with E-state index in [-0.39, 0.29) is 29.8 Å². The number of hydrogen-bond acceptors (Lipinski definition) is 3. The van der Waals surface area contributed by atoms with Crippen LogP contribution in [0.4, 0.5) is 0 Å². The first-order valence-corrected chi connectivity index (χ1v) is 7.29. The summed E-state index contributed by atoms with van der Waals surface area (Å²) in [5, 5.41) is 12.2. The lowest BCUT2D eigenvalue weighted by Gasteiger charge is -2.27. The fraction of sp³-hybridized carbons (Fsp3) is 0.857. The van der Waals surface area contributed by atoms with E-state index in [9.17, 15) is 14.7 Å². The van der Waals surface area contributed by atoms with Gasteiger partial charge in [0.2, 0.25) is 5.91 Å². The Morgan fingerprint density at radius 3 is 2.53 bits per heavy atom. The summed E-state index contributed by atoms with van der Waals surface area (Å²) in [6, 6.07) is 0. The third-order valence-electron chi connectivity index (χ3n) is 5.03. The zero-order valence-corrected chi connectivity index (χ0v) is 11.0. The first-order chi connectivity index (χ1) is 9.16. The molecule has 2 saturated carbocycles. The molecule has 106 valence electrons. The van der Waals surface area contributed by atoms with Crippen molar-refractivity contribution in [1.29, 1.82) is 0 Å². The second-order valence-corrected chi connectivity index (χ2v) is 6.10. The molecule has 3 fully saturated rings. The van der Waals surface area contributed by atoms with Gasteiger partial charge in [0.1, 0.15) is 0 Å². The Kier molecular flexibility index (Phi) is 3.48. The number of hydrogen-bond donors (Lipinski definition) is 2. The van der Waals surface area contributed by atoms with E-state index < -0.39 is 11.9 Å². The molecule has 19 heavy (non-hydrogen) atoms. The molecule has 5 nitrogen and oxygen atoms in total. The van der Waals surface area contributed by atoms with E-state index >= 15 is 0 Å². The Hall–Kier alpha value is -1.10. The molecule has 1 saturated heterocycles. The molecular formula is C14H21NO4. The first kappa shape index (κ1) is 12.9. The highest BCUT2D eigenvalue weighted by Gasteiger charge is 2.53. The molecule has 3 rings (SSSR count). The summed E-state index contributed by atoms with van der Waals surface area (Å²) >= 11 is 0. The van der Waals surface area contributed by atoms with Crippen molar-refractivity contribution >= 4 is 11.9 Å². The molecule has 0 aromatic rings. The second kappa shape index (κ2) is 5.12. The molecule has 1 aliphatic heterocycles. The van der Waals surface area contributed by atoms with Crippen molar-refractivity contribution in [1.82, 2.24) is 5.32 Å². The zero-order valence-electron chi connectivity index (χ0n) is 11.0. The Labute approximate surface area is 112 Å². The van der Waals surface area contributed by atoms with E-state index in [4.69, 9.17) is 4.74 Å². The highest BCUT2D eigenvalue weighted by atomic mass is 16.5. The summed E-state index contributed by atoms with van der Waals surface area (Å²) in [7, 11) is 0. The van der Waals surface area contributed by atoms with Crippen LogP contribution >= 0.6 is 0 Å². The number of fused-ring (bicyclic) bond motifs is 2. The fourth-order valence-corrected chi connectivity index (χ4v) is 4.16. The van der Waals surface area contributed by atoms with Gasteiger partial charge >= 0.3 is 5.97 Å². The molecule has 0 unspecified atom stereocenters. The maximum Gasteiger partial charge on any atom is 0.307 e. The van der Waals surface area contributed by atoms with E-state index in [0.29, 0.717) is 6.54 Å². The van der Waals surface area contributed by atoms with E-state index in [1.807, 2.05) is 0 Å². The molecule has 0 aromatic carbocycles. The van der Waals surface area contributed by atoms with Crippen LogP contribution in [0.3, 0.4) is 0 Å². The normalized spacial score (nSPS) is 40.5. The predicted octanol–water partition coefficient (Wildman–Crippen LogP) is 1.03. The van der Waals surface area contributed by atoms with Crippen LogP contribution in [-0.2, 0) is 14.3 Å². The average Bonchev–Trinajstić information content (AvgIpc) is 3.10. The zero-order chi connectivity index (χ0) is 13.4. The minimum atomic E-state index is -0.801. The van der Waals surface area contributed by atoms with Crippen molar-refractivity contribution in [2.45, 2.75) is 38.2 Å². The minimum absolute atomic E-state index is 0.0740. The maximum absolute atomic E-state index is 12.3.